The van der Waals surface area contributed by atoms with E-state index in [0.717, 1.165) is 11.3 Å². The molecule has 1 amide bonds. The minimum absolute atomic E-state index is 0.380. The van der Waals surface area contributed by atoms with Gasteiger partial charge in [0.1, 0.15) is 0 Å². The first-order valence-corrected chi connectivity index (χ1v) is 10.3. The number of hydrogen-bond acceptors (Lipinski definition) is 6. The molecule has 0 bridgehead atoms. The van der Waals surface area contributed by atoms with Gasteiger partial charge in [-0.2, -0.15) is 0 Å². The number of fused-ring (bicyclic) bond motifs is 1. The highest BCUT2D eigenvalue weighted by Gasteiger charge is 2.16. The van der Waals surface area contributed by atoms with Crippen LogP contribution in [0.3, 0.4) is 0 Å². The molecule has 0 aliphatic heterocycles. The van der Waals surface area contributed by atoms with Crippen molar-refractivity contribution in [1.29, 1.82) is 0 Å². The van der Waals surface area contributed by atoms with Gasteiger partial charge in [0, 0.05) is 27.0 Å². The monoisotopic (exact) mass is 437 g/mol. The number of benzene rings is 2. The lowest BCUT2D eigenvalue weighted by atomic mass is 10.1. The first-order chi connectivity index (χ1) is 14.5. The summed E-state index contributed by atoms with van der Waals surface area (Å²) in [6.45, 7) is 1.39. The van der Waals surface area contributed by atoms with Crippen LogP contribution in [-0.4, -0.2) is 28.5 Å². The summed E-state index contributed by atoms with van der Waals surface area (Å²) in [6, 6.07) is 16.2. The van der Waals surface area contributed by atoms with E-state index in [0.29, 0.717) is 32.3 Å². The number of carbonyl (C=O) groups is 2. The molecule has 150 valence electrons. The van der Waals surface area contributed by atoms with Gasteiger partial charge in [-0.1, -0.05) is 41.9 Å². The second-order valence-corrected chi connectivity index (χ2v) is 7.79. The third kappa shape index (κ3) is 4.48. The number of nitrogens with one attached hydrogen (secondary N) is 1. The van der Waals surface area contributed by atoms with Crippen molar-refractivity contribution < 1.29 is 14.3 Å². The molecule has 0 unspecified atom stereocenters. The predicted octanol–water partition coefficient (Wildman–Crippen LogP) is 5.12. The molecule has 30 heavy (non-hydrogen) atoms. The van der Waals surface area contributed by atoms with Crippen molar-refractivity contribution >= 4 is 50.8 Å². The van der Waals surface area contributed by atoms with Crippen LogP contribution in [0.25, 0.3) is 22.2 Å². The number of amides is 1. The van der Waals surface area contributed by atoms with E-state index >= 15 is 0 Å². The number of thiazole rings is 1. The van der Waals surface area contributed by atoms with Crippen LogP contribution < -0.4 is 5.32 Å². The zero-order valence-electron chi connectivity index (χ0n) is 15.9. The van der Waals surface area contributed by atoms with Gasteiger partial charge in [-0.15, -0.1) is 11.3 Å². The molecular formula is C22H16ClN3O3S. The summed E-state index contributed by atoms with van der Waals surface area (Å²) in [5, 5.41) is 6.23. The smallest absolute Gasteiger partial charge is 0.339 e. The fraction of sp³-hybridized carbons (Fsp3) is 0.0909. The van der Waals surface area contributed by atoms with Gasteiger partial charge >= 0.3 is 5.97 Å². The highest BCUT2D eigenvalue weighted by molar-refractivity contribution is 7.14. The summed E-state index contributed by atoms with van der Waals surface area (Å²) in [5.41, 5.74) is 3.39. The van der Waals surface area contributed by atoms with Crippen LogP contribution in [0.15, 0.2) is 60.0 Å². The van der Waals surface area contributed by atoms with Crippen LogP contribution in [0.5, 0.6) is 0 Å². The second-order valence-electron chi connectivity index (χ2n) is 6.50. The molecule has 0 aliphatic rings. The Kier molecular flexibility index (Phi) is 5.74. The Morgan fingerprint density at radius 1 is 1.10 bits per heavy atom. The number of ether oxygens (including phenoxy) is 1. The minimum Gasteiger partial charge on any atom is -0.452 e. The van der Waals surface area contributed by atoms with E-state index in [2.05, 4.69) is 15.3 Å². The first kappa shape index (κ1) is 20.0. The fourth-order valence-electron chi connectivity index (χ4n) is 2.93. The van der Waals surface area contributed by atoms with Gasteiger partial charge in [-0.05, 0) is 31.2 Å². The van der Waals surface area contributed by atoms with Crippen molar-refractivity contribution in [2.45, 2.75) is 6.92 Å². The summed E-state index contributed by atoms with van der Waals surface area (Å²) in [4.78, 5) is 33.5. The van der Waals surface area contributed by atoms with E-state index in [4.69, 9.17) is 16.3 Å². The zero-order chi connectivity index (χ0) is 21.1. The van der Waals surface area contributed by atoms with Gasteiger partial charge in [0.15, 0.2) is 11.7 Å². The maximum absolute atomic E-state index is 12.5. The topological polar surface area (TPSA) is 81.2 Å². The lowest BCUT2D eigenvalue weighted by Gasteiger charge is -2.08. The van der Waals surface area contributed by atoms with E-state index in [1.165, 1.54) is 11.3 Å². The number of nitrogens with zero attached hydrogens (tertiary/aromatic N) is 2. The van der Waals surface area contributed by atoms with Crippen LogP contribution in [0, 0.1) is 6.92 Å². The third-order valence-corrected chi connectivity index (χ3v) is 5.30. The SMILES string of the molecule is Cc1cc(C(=O)OCC(=O)Nc2nc(-c3ccc(Cl)cc3)cs2)c2ccccc2n1. The van der Waals surface area contributed by atoms with Crippen molar-refractivity contribution in [2.75, 3.05) is 11.9 Å². The molecule has 0 atom stereocenters. The van der Waals surface area contributed by atoms with Gasteiger partial charge in [-0.25, -0.2) is 9.78 Å². The number of aryl methyl sites for hydroxylation is 1. The summed E-state index contributed by atoms with van der Waals surface area (Å²) in [7, 11) is 0. The molecule has 0 radical (unpaired) electrons. The summed E-state index contributed by atoms with van der Waals surface area (Å²) in [5.74, 6) is -1.04. The number of aromatic nitrogens is 2. The molecule has 4 aromatic rings. The Morgan fingerprint density at radius 2 is 1.87 bits per heavy atom. The van der Waals surface area contributed by atoms with Crippen molar-refractivity contribution in [3.05, 3.63) is 76.3 Å². The van der Waals surface area contributed by atoms with Gasteiger partial charge in [0.05, 0.1) is 16.8 Å². The average molecular weight is 438 g/mol. The van der Waals surface area contributed by atoms with Crippen molar-refractivity contribution in [1.82, 2.24) is 9.97 Å². The summed E-state index contributed by atoms with van der Waals surface area (Å²) in [6.07, 6.45) is 0. The number of halogens is 1. The standard InChI is InChI=1S/C22H16ClN3O3S/c1-13-10-17(16-4-2-3-5-18(16)24-13)21(28)29-11-20(27)26-22-25-19(12-30-22)14-6-8-15(23)9-7-14/h2-10,12H,11H2,1H3,(H,25,26,27). The molecule has 2 aromatic heterocycles. The maximum Gasteiger partial charge on any atom is 0.339 e. The highest BCUT2D eigenvalue weighted by atomic mass is 35.5. The van der Waals surface area contributed by atoms with Gasteiger partial charge < -0.3 is 4.74 Å². The molecule has 0 fully saturated rings. The van der Waals surface area contributed by atoms with E-state index in [9.17, 15) is 9.59 Å². The molecule has 2 heterocycles. The molecule has 8 heteroatoms. The largest absolute Gasteiger partial charge is 0.452 e. The zero-order valence-corrected chi connectivity index (χ0v) is 17.5. The molecule has 2 aromatic carbocycles. The minimum atomic E-state index is -0.576. The van der Waals surface area contributed by atoms with Crippen LogP contribution in [0.2, 0.25) is 5.02 Å². The maximum atomic E-state index is 12.5. The van der Waals surface area contributed by atoms with Gasteiger partial charge in [0.25, 0.3) is 5.91 Å². The number of hydrogen-bond donors (Lipinski definition) is 1. The normalized spacial score (nSPS) is 10.7. The quantitative estimate of drug-likeness (QED) is 0.438. The molecule has 0 saturated heterocycles. The number of para-hydroxylation sites is 1. The van der Waals surface area contributed by atoms with Crippen LogP contribution in [0.4, 0.5) is 5.13 Å². The summed E-state index contributed by atoms with van der Waals surface area (Å²) >= 11 is 7.19. The van der Waals surface area contributed by atoms with E-state index in [-0.39, 0.29) is 0 Å². The number of carbonyl (C=O) groups excluding carboxylic acids is 2. The van der Waals surface area contributed by atoms with E-state index < -0.39 is 18.5 Å². The Hall–Kier alpha value is -3.29. The third-order valence-electron chi connectivity index (χ3n) is 4.29. The first-order valence-electron chi connectivity index (χ1n) is 9.04. The fourth-order valence-corrected chi connectivity index (χ4v) is 3.79. The summed E-state index contributed by atoms with van der Waals surface area (Å²) < 4.78 is 5.21. The van der Waals surface area contributed by atoms with Crippen molar-refractivity contribution in [3.8, 4) is 11.3 Å². The molecule has 0 saturated carbocycles. The Labute approximate surface area is 181 Å². The molecule has 1 N–H and O–H groups in total. The Bertz CT molecular complexity index is 1240. The lowest BCUT2D eigenvalue weighted by Crippen LogP contribution is -2.21. The van der Waals surface area contributed by atoms with Crippen LogP contribution in [-0.2, 0) is 9.53 Å². The van der Waals surface area contributed by atoms with Crippen LogP contribution >= 0.6 is 22.9 Å². The average Bonchev–Trinajstić information content (AvgIpc) is 3.20. The second kappa shape index (κ2) is 8.61. The molecule has 6 nitrogen and oxygen atoms in total. The molecule has 0 spiro atoms. The number of esters is 1. The number of rotatable bonds is 5. The van der Waals surface area contributed by atoms with Gasteiger partial charge in [0.2, 0.25) is 0 Å². The highest BCUT2D eigenvalue weighted by Crippen LogP contribution is 2.26. The van der Waals surface area contributed by atoms with Crippen molar-refractivity contribution in [2.24, 2.45) is 0 Å². The molecule has 4 rings (SSSR count). The Morgan fingerprint density at radius 3 is 2.67 bits per heavy atom. The van der Waals surface area contributed by atoms with Crippen LogP contribution in [0.1, 0.15) is 16.1 Å². The molecular weight excluding hydrogens is 422 g/mol. The van der Waals surface area contributed by atoms with E-state index in [1.807, 2.05) is 35.7 Å². The number of anilines is 1. The van der Waals surface area contributed by atoms with E-state index in [1.54, 1.807) is 31.2 Å². The van der Waals surface area contributed by atoms with Gasteiger partial charge in [-0.3, -0.25) is 15.1 Å². The Balaban J connectivity index is 1.40. The van der Waals surface area contributed by atoms with Crippen molar-refractivity contribution in [3.63, 3.8) is 0 Å². The lowest BCUT2D eigenvalue weighted by molar-refractivity contribution is -0.119. The molecule has 0 aliphatic carbocycles. The predicted molar refractivity (Wildman–Crippen MR) is 118 cm³/mol. The number of pyridine rings is 1.